The quantitative estimate of drug-likeness (QED) is 0.546. The van der Waals surface area contributed by atoms with E-state index in [0.717, 1.165) is 36.7 Å². The molecule has 2 aromatic heterocycles. The van der Waals surface area contributed by atoms with Crippen LogP contribution in [0.2, 0.25) is 0 Å². The molecular formula is C23H25N5O4. The molecule has 166 valence electrons. The van der Waals surface area contributed by atoms with Crippen molar-refractivity contribution in [2.75, 3.05) is 29.9 Å². The van der Waals surface area contributed by atoms with E-state index in [2.05, 4.69) is 25.2 Å². The van der Waals surface area contributed by atoms with Crippen LogP contribution in [0, 0.1) is 0 Å². The average Bonchev–Trinajstić information content (AvgIpc) is 2.81. The molecule has 0 radical (unpaired) electrons. The molecule has 1 aromatic carbocycles. The third kappa shape index (κ3) is 5.23. The minimum absolute atomic E-state index is 0.00214. The minimum atomic E-state index is -1.01. The van der Waals surface area contributed by atoms with Crippen molar-refractivity contribution in [3.63, 3.8) is 0 Å². The minimum Gasteiger partial charge on any atom is -0.490 e. The summed E-state index contributed by atoms with van der Waals surface area (Å²) in [5.41, 5.74) is 0.148. The van der Waals surface area contributed by atoms with E-state index < -0.39 is 5.97 Å². The molecule has 1 fully saturated rings. The van der Waals surface area contributed by atoms with E-state index in [1.54, 1.807) is 12.4 Å². The fraction of sp³-hybridized carbons (Fsp3) is 0.304. The zero-order valence-electron chi connectivity index (χ0n) is 17.8. The Balaban J connectivity index is 1.45. The number of rotatable bonds is 8. The third-order valence-corrected chi connectivity index (χ3v) is 5.03. The van der Waals surface area contributed by atoms with Gasteiger partial charge in [0.25, 0.3) is 0 Å². The monoisotopic (exact) mass is 435 g/mol. The van der Waals surface area contributed by atoms with Crippen LogP contribution in [-0.4, -0.2) is 51.8 Å². The number of piperidine rings is 1. The van der Waals surface area contributed by atoms with Gasteiger partial charge in [-0.1, -0.05) is 12.1 Å². The maximum atomic E-state index is 11.2. The number of hydrogen-bond acceptors (Lipinski definition) is 8. The number of pyridine rings is 1. The van der Waals surface area contributed by atoms with E-state index in [9.17, 15) is 4.79 Å². The number of nitrogens with one attached hydrogen (secondary N) is 1. The predicted molar refractivity (Wildman–Crippen MR) is 120 cm³/mol. The predicted octanol–water partition coefficient (Wildman–Crippen LogP) is 3.76. The second kappa shape index (κ2) is 9.95. The van der Waals surface area contributed by atoms with Gasteiger partial charge in [-0.15, -0.1) is 0 Å². The number of nitrogens with zero attached hydrogens (tertiary/aromatic N) is 4. The van der Waals surface area contributed by atoms with Gasteiger partial charge in [0.2, 0.25) is 0 Å². The Morgan fingerprint density at radius 2 is 2.06 bits per heavy atom. The van der Waals surface area contributed by atoms with Gasteiger partial charge in [-0.05, 0) is 44.0 Å². The van der Waals surface area contributed by atoms with Gasteiger partial charge in [0.1, 0.15) is 17.7 Å². The van der Waals surface area contributed by atoms with Crippen LogP contribution in [0.25, 0.3) is 0 Å². The summed E-state index contributed by atoms with van der Waals surface area (Å²) < 4.78 is 11.9. The lowest BCUT2D eigenvalue weighted by Gasteiger charge is -2.33. The topological polar surface area (TPSA) is 110 Å². The number of carbonyl (C=O) groups is 1. The summed E-state index contributed by atoms with van der Waals surface area (Å²) in [4.78, 5) is 26.4. The Hall–Kier alpha value is -3.88. The van der Waals surface area contributed by atoms with Crippen LogP contribution in [0.4, 0.5) is 17.5 Å². The van der Waals surface area contributed by atoms with Gasteiger partial charge in [-0.3, -0.25) is 4.98 Å². The van der Waals surface area contributed by atoms with Gasteiger partial charge in [0.15, 0.2) is 17.3 Å². The Kier molecular flexibility index (Phi) is 6.64. The molecule has 32 heavy (non-hydrogen) atoms. The lowest BCUT2D eigenvalue weighted by atomic mass is 10.1. The van der Waals surface area contributed by atoms with Gasteiger partial charge in [-0.25, -0.2) is 14.8 Å². The molecule has 9 nitrogen and oxygen atoms in total. The molecule has 1 aliphatic rings. The molecule has 0 amide bonds. The third-order valence-electron chi connectivity index (χ3n) is 5.03. The molecule has 0 spiro atoms. The maximum absolute atomic E-state index is 11.2. The van der Waals surface area contributed by atoms with E-state index in [-0.39, 0.29) is 11.7 Å². The molecule has 0 unspecified atom stereocenters. The lowest BCUT2D eigenvalue weighted by molar-refractivity contribution is 0.0697. The van der Waals surface area contributed by atoms with Crippen LogP contribution in [0.15, 0.2) is 55.0 Å². The van der Waals surface area contributed by atoms with E-state index in [1.165, 1.54) is 18.3 Å². The molecule has 0 bridgehead atoms. The normalized spacial score (nSPS) is 15.8. The molecule has 3 aromatic rings. The summed E-state index contributed by atoms with van der Waals surface area (Å²) in [6.45, 7) is 4.05. The van der Waals surface area contributed by atoms with E-state index in [0.29, 0.717) is 24.8 Å². The largest absolute Gasteiger partial charge is 0.490 e. The number of carboxylic acid groups (broad SMARTS) is 1. The summed E-state index contributed by atoms with van der Waals surface area (Å²) >= 11 is 0. The number of hydrogen-bond donors (Lipinski definition) is 2. The van der Waals surface area contributed by atoms with Gasteiger partial charge in [0, 0.05) is 12.7 Å². The summed E-state index contributed by atoms with van der Waals surface area (Å²) in [5, 5.41) is 12.2. The Bertz CT molecular complexity index is 1080. The average molecular weight is 435 g/mol. The van der Waals surface area contributed by atoms with Crippen molar-refractivity contribution in [1.29, 1.82) is 0 Å². The Morgan fingerprint density at radius 3 is 2.88 bits per heavy atom. The highest BCUT2D eigenvalue weighted by atomic mass is 16.5. The number of carboxylic acids is 1. The SMILES string of the molecule is CCOc1ccccc1O[C@@H]1CCCN(c2cncc(Nc3cc(C(=O)O)ccn3)n2)C1. The summed E-state index contributed by atoms with van der Waals surface area (Å²) in [7, 11) is 0. The molecular weight excluding hydrogens is 410 g/mol. The fourth-order valence-corrected chi connectivity index (χ4v) is 3.58. The second-order valence-corrected chi connectivity index (χ2v) is 7.33. The first-order valence-corrected chi connectivity index (χ1v) is 10.5. The summed E-state index contributed by atoms with van der Waals surface area (Å²) in [6.07, 6.45) is 6.63. The molecule has 1 saturated heterocycles. The van der Waals surface area contributed by atoms with Crippen molar-refractivity contribution in [1.82, 2.24) is 15.0 Å². The zero-order valence-corrected chi connectivity index (χ0v) is 17.8. The number of aromatic carboxylic acids is 1. The van der Waals surface area contributed by atoms with Crippen molar-refractivity contribution in [2.45, 2.75) is 25.9 Å². The van der Waals surface area contributed by atoms with Crippen LogP contribution in [-0.2, 0) is 0 Å². The first kappa shape index (κ1) is 21.4. The molecule has 3 heterocycles. The Labute approximate surface area is 186 Å². The van der Waals surface area contributed by atoms with Gasteiger partial charge < -0.3 is 24.8 Å². The van der Waals surface area contributed by atoms with E-state index in [1.807, 2.05) is 31.2 Å². The smallest absolute Gasteiger partial charge is 0.335 e. The number of aromatic nitrogens is 3. The first-order chi connectivity index (χ1) is 15.6. The van der Waals surface area contributed by atoms with Gasteiger partial charge >= 0.3 is 5.97 Å². The number of para-hydroxylation sites is 2. The second-order valence-electron chi connectivity index (χ2n) is 7.33. The Morgan fingerprint density at radius 1 is 1.22 bits per heavy atom. The van der Waals surface area contributed by atoms with Crippen molar-refractivity contribution >= 4 is 23.4 Å². The highest BCUT2D eigenvalue weighted by Crippen LogP contribution is 2.30. The zero-order chi connectivity index (χ0) is 22.3. The first-order valence-electron chi connectivity index (χ1n) is 10.5. The highest BCUT2D eigenvalue weighted by Gasteiger charge is 2.24. The van der Waals surface area contributed by atoms with E-state index in [4.69, 9.17) is 14.6 Å². The maximum Gasteiger partial charge on any atom is 0.335 e. The molecule has 2 N–H and O–H groups in total. The van der Waals surface area contributed by atoms with Crippen molar-refractivity contribution in [3.05, 3.63) is 60.6 Å². The molecule has 1 atom stereocenters. The number of ether oxygens (including phenoxy) is 2. The van der Waals surface area contributed by atoms with Gasteiger partial charge in [-0.2, -0.15) is 0 Å². The van der Waals surface area contributed by atoms with Crippen LogP contribution < -0.4 is 19.7 Å². The van der Waals surface area contributed by atoms with Crippen LogP contribution in [0.5, 0.6) is 11.5 Å². The molecule has 0 saturated carbocycles. The molecule has 0 aliphatic carbocycles. The fourth-order valence-electron chi connectivity index (χ4n) is 3.58. The lowest BCUT2D eigenvalue weighted by Crippen LogP contribution is -2.41. The van der Waals surface area contributed by atoms with Crippen molar-refractivity contribution in [2.24, 2.45) is 0 Å². The van der Waals surface area contributed by atoms with Crippen LogP contribution in [0.1, 0.15) is 30.1 Å². The molecule has 9 heteroatoms. The standard InChI is InChI=1S/C23H25N5O4/c1-2-31-18-7-3-4-8-19(18)32-17-6-5-11-28(15-17)22-14-24-13-21(27-22)26-20-12-16(23(29)30)9-10-25-20/h3-4,7-10,12-14,17H,2,5-6,11,15H2,1H3,(H,29,30)(H,25,26,27)/t17-/m1/s1. The summed E-state index contributed by atoms with van der Waals surface area (Å²) in [6, 6.07) is 10.6. The van der Waals surface area contributed by atoms with Gasteiger partial charge in [0.05, 0.1) is 31.1 Å². The molecule has 4 rings (SSSR count). The van der Waals surface area contributed by atoms with E-state index >= 15 is 0 Å². The highest BCUT2D eigenvalue weighted by molar-refractivity contribution is 5.88. The van der Waals surface area contributed by atoms with Crippen LogP contribution in [0.3, 0.4) is 0 Å². The number of benzene rings is 1. The van der Waals surface area contributed by atoms with Crippen LogP contribution >= 0.6 is 0 Å². The molecule has 1 aliphatic heterocycles. The number of anilines is 3. The van der Waals surface area contributed by atoms with Crippen molar-refractivity contribution < 1.29 is 19.4 Å². The summed E-state index contributed by atoms with van der Waals surface area (Å²) in [5.74, 6) is 2.07. The van der Waals surface area contributed by atoms with Crippen molar-refractivity contribution in [3.8, 4) is 11.5 Å².